The minimum Gasteiger partial charge on any atom is -0.463 e. The first-order chi connectivity index (χ1) is 21.1. The maximum absolute atomic E-state index is 13.9. The van der Waals surface area contributed by atoms with E-state index in [9.17, 15) is 35.9 Å². The third-order valence-corrected chi connectivity index (χ3v) is 7.30. The lowest BCUT2D eigenvalue weighted by molar-refractivity contribution is -0.275. The zero-order valence-corrected chi connectivity index (χ0v) is 24.3. The fraction of sp³-hybridized carbons (Fsp3) is 0.333. The van der Waals surface area contributed by atoms with Gasteiger partial charge in [-0.15, -0.1) is 0 Å². The molecular weight excluding hydrogens is 606 g/mol. The van der Waals surface area contributed by atoms with Crippen molar-refractivity contribution in [3.63, 3.8) is 0 Å². The highest BCUT2D eigenvalue weighted by molar-refractivity contribution is 5.84. The van der Waals surface area contributed by atoms with Gasteiger partial charge < -0.3 is 18.9 Å². The molecule has 0 aromatic heterocycles. The van der Waals surface area contributed by atoms with Crippen LogP contribution in [-0.4, -0.2) is 48.7 Å². The van der Waals surface area contributed by atoms with Crippen molar-refractivity contribution in [2.24, 2.45) is 0 Å². The second-order valence-corrected chi connectivity index (χ2v) is 10.6. The summed E-state index contributed by atoms with van der Waals surface area (Å²) in [5, 5.41) is 3.27. The first-order valence-electron chi connectivity index (χ1n) is 13.9. The third kappa shape index (κ3) is 7.74. The van der Waals surface area contributed by atoms with E-state index in [1.165, 1.54) is 0 Å². The summed E-state index contributed by atoms with van der Waals surface area (Å²) < 4.78 is 103. The summed E-state index contributed by atoms with van der Waals surface area (Å²) in [6.07, 6.45) is -10.7. The van der Waals surface area contributed by atoms with Gasteiger partial charge in [0.1, 0.15) is 0 Å². The molecule has 4 aromatic carbocycles. The van der Waals surface area contributed by atoms with Crippen LogP contribution < -0.4 is 0 Å². The van der Waals surface area contributed by atoms with Gasteiger partial charge in [0.05, 0.1) is 26.4 Å². The Morgan fingerprint density at radius 3 is 1.27 bits per heavy atom. The van der Waals surface area contributed by atoms with Crippen LogP contribution >= 0.6 is 0 Å². The Hall–Kier alpha value is -4.16. The van der Waals surface area contributed by atoms with E-state index < -0.39 is 61.9 Å². The molecule has 2 atom stereocenters. The molecule has 0 saturated carbocycles. The van der Waals surface area contributed by atoms with E-state index in [-0.39, 0.29) is 6.42 Å². The van der Waals surface area contributed by atoms with Crippen molar-refractivity contribution < 1.29 is 54.9 Å². The standard InChI is InChI=1S/C33H30F6O6/c1-30(32(34,35)36,44-20-22-12-14-24-8-3-5-10-26(24)18-22)28(40)42-16-7-17-43-29(41)31(2,33(37,38)39)45-21-23-13-15-25-9-4-6-11-27(25)19-23/h3-6,8-15,18-19H,7,16-17,20-21H2,1-2H3. The van der Waals surface area contributed by atoms with Crippen LogP contribution in [0.5, 0.6) is 0 Å². The minimum atomic E-state index is -5.15. The van der Waals surface area contributed by atoms with Crippen molar-refractivity contribution in [2.75, 3.05) is 13.2 Å². The second kappa shape index (κ2) is 13.5. The molecule has 0 N–H and O–H groups in total. The summed E-state index contributed by atoms with van der Waals surface area (Å²) >= 11 is 0. The number of alkyl halides is 6. The lowest BCUT2D eigenvalue weighted by Gasteiger charge is -2.30. The van der Waals surface area contributed by atoms with E-state index in [2.05, 4.69) is 0 Å². The summed E-state index contributed by atoms with van der Waals surface area (Å²) in [4.78, 5) is 25.0. The summed E-state index contributed by atoms with van der Waals surface area (Å²) in [6.45, 7) is -1.42. The number of benzene rings is 4. The van der Waals surface area contributed by atoms with Gasteiger partial charge in [0.25, 0.3) is 11.2 Å². The number of ether oxygens (including phenoxy) is 4. The van der Waals surface area contributed by atoms with E-state index in [1.807, 2.05) is 24.3 Å². The van der Waals surface area contributed by atoms with E-state index in [0.29, 0.717) is 25.0 Å². The Bertz CT molecular complexity index is 1530. The number of halogens is 6. The zero-order chi connectivity index (χ0) is 32.9. The van der Waals surface area contributed by atoms with Gasteiger partial charge in [-0.1, -0.05) is 72.8 Å². The van der Waals surface area contributed by atoms with Gasteiger partial charge in [0, 0.05) is 6.42 Å². The van der Waals surface area contributed by atoms with Crippen LogP contribution in [0.3, 0.4) is 0 Å². The van der Waals surface area contributed by atoms with Gasteiger partial charge in [-0.3, -0.25) is 0 Å². The molecule has 0 heterocycles. The number of rotatable bonds is 12. The van der Waals surface area contributed by atoms with Crippen LogP contribution in [0.4, 0.5) is 26.3 Å². The molecule has 4 rings (SSSR count). The smallest absolute Gasteiger partial charge is 0.428 e. The maximum Gasteiger partial charge on any atom is 0.428 e. The first-order valence-corrected chi connectivity index (χ1v) is 13.9. The van der Waals surface area contributed by atoms with Crippen LogP contribution in [-0.2, 0) is 41.8 Å². The largest absolute Gasteiger partial charge is 0.463 e. The van der Waals surface area contributed by atoms with E-state index >= 15 is 0 Å². The Balaban J connectivity index is 1.30. The Kier molecular flexibility index (Phi) is 10.1. The summed E-state index contributed by atoms with van der Waals surface area (Å²) in [5.41, 5.74) is -5.89. The minimum absolute atomic E-state index is 0.380. The highest BCUT2D eigenvalue weighted by Gasteiger charge is 2.60. The SMILES string of the molecule is CC(OCc1ccc2ccccc2c1)(C(=O)OCCCOC(=O)C(C)(OCc1ccc2ccccc2c1)C(F)(F)F)C(F)(F)F. The molecule has 6 nitrogen and oxygen atoms in total. The average molecular weight is 637 g/mol. The highest BCUT2D eigenvalue weighted by atomic mass is 19.4. The lowest BCUT2D eigenvalue weighted by Crippen LogP contribution is -2.53. The molecule has 4 aromatic rings. The molecule has 45 heavy (non-hydrogen) atoms. The van der Waals surface area contributed by atoms with Crippen molar-refractivity contribution in [3.8, 4) is 0 Å². The topological polar surface area (TPSA) is 71.1 Å². The second-order valence-electron chi connectivity index (χ2n) is 10.6. The highest BCUT2D eigenvalue weighted by Crippen LogP contribution is 2.37. The number of carbonyl (C=O) groups is 2. The fourth-order valence-electron chi connectivity index (χ4n) is 4.29. The quantitative estimate of drug-likeness (QED) is 0.0897. The Morgan fingerprint density at radius 2 is 0.911 bits per heavy atom. The molecule has 0 aliphatic carbocycles. The predicted octanol–water partition coefficient (Wildman–Crippen LogP) is 7.84. The third-order valence-electron chi connectivity index (χ3n) is 7.30. The Morgan fingerprint density at radius 1 is 0.556 bits per heavy atom. The lowest BCUT2D eigenvalue weighted by atomic mass is 10.1. The number of fused-ring (bicyclic) bond motifs is 2. The van der Waals surface area contributed by atoms with Crippen molar-refractivity contribution in [2.45, 2.75) is 57.0 Å². The first kappa shape index (κ1) is 33.7. The number of esters is 2. The Labute approximate surface area is 254 Å². The zero-order valence-electron chi connectivity index (χ0n) is 24.3. The van der Waals surface area contributed by atoms with Crippen molar-refractivity contribution in [3.05, 3.63) is 96.1 Å². The maximum atomic E-state index is 13.9. The van der Waals surface area contributed by atoms with E-state index in [4.69, 9.17) is 18.9 Å². The number of carbonyl (C=O) groups excluding carboxylic acids is 2. The van der Waals surface area contributed by atoms with Gasteiger partial charge in [-0.2, -0.15) is 26.3 Å². The molecule has 12 heteroatoms. The van der Waals surface area contributed by atoms with Gasteiger partial charge in [0.15, 0.2) is 0 Å². The van der Waals surface area contributed by atoms with Gasteiger partial charge >= 0.3 is 24.3 Å². The van der Waals surface area contributed by atoms with Crippen LogP contribution in [0.2, 0.25) is 0 Å². The molecule has 0 spiro atoms. The van der Waals surface area contributed by atoms with E-state index in [0.717, 1.165) is 21.5 Å². The molecule has 0 fully saturated rings. The predicted molar refractivity (Wildman–Crippen MR) is 153 cm³/mol. The monoisotopic (exact) mass is 636 g/mol. The average Bonchev–Trinajstić information content (AvgIpc) is 3.00. The van der Waals surface area contributed by atoms with Gasteiger partial charge in [-0.25, -0.2) is 9.59 Å². The molecule has 0 radical (unpaired) electrons. The van der Waals surface area contributed by atoms with Crippen LogP contribution in [0.1, 0.15) is 31.4 Å². The summed E-state index contributed by atoms with van der Waals surface area (Å²) in [5.74, 6) is -3.50. The molecule has 2 unspecified atom stereocenters. The fourth-order valence-corrected chi connectivity index (χ4v) is 4.29. The molecule has 240 valence electrons. The van der Waals surface area contributed by atoms with Crippen LogP contribution in [0.25, 0.3) is 21.5 Å². The van der Waals surface area contributed by atoms with E-state index in [1.54, 1.807) is 60.7 Å². The van der Waals surface area contributed by atoms with Gasteiger partial charge in [0.2, 0.25) is 0 Å². The molecule has 0 bridgehead atoms. The molecule has 0 aliphatic rings. The summed E-state index contributed by atoms with van der Waals surface area (Å²) in [7, 11) is 0. The molecular formula is C33H30F6O6. The summed E-state index contributed by atoms with van der Waals surface area (Å²) in [6, 6.07) is 24.2. The normalized spacial score (nSPS) is 14.9. The van der Waals surface area contributed by atoms with Crippen LogP contribution in [0.15, 0.2) is 84.9 Å². The van der Waals surface area contributed by atoms with Gasteiger partial charge in [-0.05, 0) is 58.7 Å². The number of hydrogen-bond acceptors (Lipinski definition) is 6. The molecule has 0 aliphatic heterocycles. The van der Waals surface area contributed by atoms with Crippen molar-refractivity contribution in [1.82, 2.24) is 0 Å². The van der Waals surface area contributed by atoms with Crippen LogP contribution in [0, 0.1) is 0 Å². The molecule has 0 saturated heterocycles. The van der Waals surface area contributed by atoms with Crippen molar-refractivity contribution >= 4 is 33.5 Å². The number of hydrogen-bond donors (Lipinski definition) is 0. The molecule has 0 amide bonds. The van der Waals surface area contributed by atoms with Crippen molar-refractivity contribution in [1.29, 1.82) is 0 Å².